The van der Waals surface area contributed by atoms with Crippen LogP contribution in [0.25, 0.3) is 0 Å². The van der Waals surface area contributed by atoms with Crippen molar-refractivity contribution in [2.24, 2.45) is 0 Å². The summed E-state index contributed by atoms with van der Waals surface area (Å²) in [6.45, 7) is 4.42. The molecule has 0 aromatic heterocycles. The summed E-state index contributed by atoms with van der Waals surface area (Å²) >= 11 is 0. The van der Waals surface area contributed by atoms with E-state index in [-0.39, 0.29) is 11.4 Å². The maximum Gasteiger partial charge on any atom is 0.270 e. The normalized spacial score (nSPS) is 23.9. The van der Waals surface area contributed by atoms with Crippen LogP contribution in [-0.4, -0.2) is 19.8 Å². The second-order valence-electron chi connectivity index (χ2n) is 6.83. The highest BCUT2D eigenvalue weighted by atomic mass is 32.2. The molecular weight excluding hydrogens is 296 g/mol. The quantitative estimate of drug-likeness (QED) is 0.326. The van der Waals surface area contributed by atoms with E-state index in [1.54, 1.807) is 0 Å². The monoisotopic (exact) mass is 332 g/mol. The molecule has 0 N–H and O–H groups in total. The zero-order chi connectivity index (χ0) is 16.3. The molecule has 0 aliphatic carbocycles. The van der Waals surface area contributed by atoms with E-state index in [1.165, 1.54) is 51.4 Å². The van der Waals surface area contributed by atoms with E-state index in [4.69, 9.17) is 4.18 Å². The van der Waals surface area contributed by atoms with Gasteiger partial charge in [-0.2, -0.15) is 8.42 Å². The maximum atomic E-state index is 12.1. The Morgan fingerprint density at radius 1 is 0.773 bits per heavy atom. The molecule has 22 heavy (non-hydrogen) atoms. The Bertz CT molecular complexity index is 365. The van der Waals surface area contributed by atoms with Gasteiger partial charge < -0.3 is 0 Å². The van der Waals surface area contributed by atoms with E-state index >= 15 is 0 Å². The van der Waals surface area contributed by atoms with Crippen molar-refractivity contribution in [1.29, 1.82) is 0 Å². The smallest absolute Gasteiger partial charge is 0.267 e. The van der Waals surface area contributed by atoms with Crippen LogP contribution >= 0.6 is 0 Å². The second-order valence-corrected chi connectivity index (χ2v) is 8.67. The Morgan fingerprint density at radius 2 is 1.27 bits per heavy atom. The highest BCUT2D eigenvalue weighted by molar-refractivity contribution is 7.87. The highest BCUT2D eigenvalue weighted by Gasteiger charge is 2.38. The van der Waals surface area contributed by atoms with Gasteiger partial charge in [-0.1, -0.05) is 84.5 Å². The predicted molar refractivity (Wildman–Crippen MR) is 93.6 cm³/mol. The lowest BCUT2D eigenvalue weighted by Crippen LogP contribution is -2.14. The number of hydrogen-bond donors (Lipinski definition) is 0. The molecule has 1 heterocycles. The van der Waals surface area contributed by atoms with Gasteiger partial charge in [0, 0.05) is 0 Å². The lowest BCUT2D eigenvalue weighted by atomic mass is 10.0. The van der Waals surface area contributed by atoms with Crippen molar-refractivity contribution in [3.63, 3.8) is 0 Å². The van der Waals surface area contributed by atoms with Crippen molar-refractivity contribution in [2.75, 3.05) is 0 Å². The molecule has 2 atom stereocenters. The van der Waals surface area contributed by atoms with E-state index in [0.29, 0.717) is 0 Å². The number of rotatable bonds is 13. The first kappa shape index (κ1) is 20.0. The maximum absolute atomic E-state index is 12.1. The van der Waals surface area contributed by atoms with Crippen molar-refractivity contribution in [1.82, 2.24) is 0 Å². The van der Waals surface area contributed by atoms with Gasteiger partial charge in [-0.05, 0) is 19.3 Å². The molecule has 0 radical (unpaired) electrons. The molecule has 1 saturated heterocycles. The van der Waals surface area contributed by atoms with Crippen LogP contribution in [0.2, 0.25) is 0 Å². The zero-order valence-corrected chi connectivity index (χ0v) is 15.5. The fourth-order valence-corrected chi connectivity index (χ4v) is 4.89. The summed E-state index contributed by atoms with van der Waals surface area (Å²) in [6.07, 6.45) is 15.7. The fraction of sp³-hybridized carbons (Fsp3) is 1.00. The number of hydrogen-bond acceptors (Lipinski definition) is 3. The van der Waals surface area contributed by atoms with Gasteiger partial charge in [-0.3, -0.25) is 4.18 Å². The molecule has 1 rings (SSSR count). The van der Waals surface area contributed by atoms with Crippen molar-refractivity contribution in [2.45, 2.75) is 115 Å². The molecule has 4 heteroatoms. The van der Waals surface area contributed by atoms with Crippen LogP contribution in [0.3, 0.4) is 0 Å². The SMILES string of the molecule is CCCCCCCC[C@H]1C[C@H](CCCCCCC)OS1(=O)=O. The Hall–Kier alpha value is -0.0900. The van der Waals surface area contributed by atoms with Gasteiger partial charge in [-0.25, -0.2) is 0 Å². The zero-order valence-electron chi connectivity index (χ0n) is 14.7. The van der Waals surface area contributed by atoms with Crippen LogP contribution in [0.1, 0.15) is 104 Å². The average Bonchev–Trinajstić information content (AvgIpc) is 2.77. The summed E-state index contributed by atoms with van der Waals surface area (Å²) in [4.78, 5) is 0. The highest BCUT2D eigenvalue weighted by Crippen LogP contribution is 2.31. The minimum absolute atomic E-state index is 0.0447. The summed E-state index contributed by atoms with van der Waals surface area (Å²) < 4.78 is 29.4. The van der Waals surface area contributed by atoms with Gasteiger partial charge >= 0.3 is 0 Å². The summed E-state index contributed by atoms with van der Waals surface area (Å²) in [6, 6.07) is 0. The molecular formula is C18H36O3S. The van der Waals surface area contributed by atoms with Gasteiger partial charge in [0.1, 0.15) is 0 Å². The largest absolute Gasteiger partial charge is 0.270 e. The van der Waals surface area contributed by atoms with E-state index in [0.717, 1.165) is 38.5 Å². The molecule has 0 amide bonds. The van der Waals surface area contributed by atoms with Crippen molar-refractivity contribution in [3.05, 3.63) is 0 Å². The lowest BCUT2D eigenvalue weighted by Gasteiger charge is -2.07. The molecule has 1 aliphatic heterocycles. The summed E-state index contributed by atoms with van der Waals surface area (Å²) in [5.74, 6) is 0. The third kappa shape index (κ3) is 7.96. The molecule has 0 bridgehead atoms. The van der Waals surface area contributed by atoms with Crippen LogP contribution in [0.5, 0.6) is 0 Å². The minimum Gasteiger partial charge on any atom is -0.267 e. The molecule has 1 aliphatic rings. The third-order valence-corrected chi connectivity index (χ3v) is 6.50. The van der Waals surface area contributed by atoms with Gasteiger partial charge in [0.25, 0.3) is 10.1 Å². The molecule has 0 aromatic carbocycles. The molecule has 0 aromatic rings. The van der Waals surface area contributed by atoms with Crippen molar-refractivity contribution >= 4 is 10.1 Å². The Morgan fingerprint density at radius 3 is 1.86 bits per heavy atom. The summed E-state index contributed by atoms with van der Waals surface area (Å²) in [5.41, 5.74) is 0. The molecule has 0 unspecified atom stereocenters. The Labute approximate surface area is 138 Å². The van der Waals surface area contributed by atoms with Crippen LogP contribution in [-0.2, 0) is 14.3 Å². The van der Waals surface area contributed by atoms with Crippen LogP contribution in [0.4, 0.5) is 0 Å². The van der Waals surface area contributed by atoms with Crippen LogP contribution in [0.15, 0.2) is 0 Å². The van der Waals surface area contributed by atoms with E-state index in [9.17, 15) is 8.42 Å². The Kier molecular flexibility index (Phi) is 10.4. The topological polar surface area (TPSA) is 43.4 Å². The first-order valence-electron chi connectivity index (χ1n) is 9.52. The van der Waals surface area contributed by atoms with E-state index in [2.05, 4.69) is 13.8 Å². The number of unbranched alkanes of at least 4 members (excludes halogenated alkanes) is 9. The Balaban J connectivity index is 2.16. The van der Waals surface area contributed by atoms with Gasteiger partial charge in [-0.15, -0.1) is 0 Å². The predicted octanol–water partition coefficient (Wildman–Crippen LogP) is 5.58. The molecule has 0 spiro atoms. The van der Waals surface area contributed by atoms with E-state index < -0.39 is 10.1 Å². The fourth-order valence-electron chi connectivity index (χ4n) is 3.27. The van der Waals surface area contributed by atoms with Gasteiger partial charge in [0.15, 0.2) is 0 Å². The molecule has 1 fully saturated rings. The first-order valence-corrected chi connectivity index (χ1v) is 11.0. The molecule has 132 valence electrons. The molecule has 0 saturated carbocycles. The second kappa shape index (κ2) is 11.4. The molecule has 3 nitrogen and oxygen atoms in total. The van der Waals surface area contributed by atoms with E-state index in [1.807, 2.05) is 0 Å². The first-order chi connectivity index (χ1) is 10.6. The van der Waals surface area contributed by atoms with Gasteiger partial charge in [0.2, 0.25) is 0 Å². The summed E-state index contributed by atoms with van der Waals surface area (Å²) in [5, 5.41) is -0.237. The van der Waals surface area contributed by atoms with Crippen LogP contribution < -0.4 is 0 Å². The lowest BCUT2D eigenvalue weighted by molar-refractivity contribution is 0.218. The average molecular weight is 333 g/mol. The van der Waals surface area contributed by atoms with Crippen LogP contribution in [0, 0.1) is 0 Å². The third-order valence-electron chi connectivity index (χ3n) is 4.71. The van der Waals surface area contributed by atoms with Crippen molar-refractivity contribution < 1.29 is 12.6 Å². The summed E-state index contributed by atoms with van der Waals surface area (Å²) in [7, 11) is -3.28. The van der Waals surface area contributed by atoms with Gasteiger partial charge in [0.05, 0.1) is 11.4 Å². The van der Waals surface area contributed by atoms with Crippen molar-refractivity contribution in [3.8, 4) is 0 Å². The minimum atomic E-state index is -3.28. The standard InChI is InChI=1S/C18H36O3S/c1-3-5-7-9-11-13-15-18-16-17(21-22(18,19)20)14-12-10-8-6-4-2/h17-18H,3-16H2,1-2H3/t17-,18-/m0/s1.